The van der Waals surface area contributed by atoms with Gasteiger partial charge in [-0.2, -0.15) is 0 Å². The molecule has 8 heteroatoms. The lowest BCUT2D eigenvalue weighted by Crippen LogP contribution is -2.28. The van der Waals surface area contributed by atoms with Crippen LogP contribution in [-0.4, -0.2) is 29.4 Å². The van der Waals surface area contributed by atoms with Crippen LogP contribution in [-0.2, 0) is 9.59 Å². The van der Waals surface area contributed by atoms with Crippen LogP contribution in [0.15, 0.2) is 114 Å². The maximum Gasteiger partial charge on any atom is 0.253 e. The largest absolute Gasteiger partial charge is 0.325 e. The van der Waals surface area contributed by atoms with Gasteiger partial charge in [0.1, 0.15) is 0 Å². The fourth-order valence-electron chi connectivity index (χ4n) is 6.58. The van der Waals surface area contributed by atoms with Crippen molar-refractivity contribution in [2.24, 2.45) is 5.18 Å². The number of nitrogens with one attached hydrogen (secondary N) is 2. The summed E-state index contributed by atoms with van der Waals surface area (Å²) in [6, 6.07) is 36.0. The lowest BCUT2D eigenvalue weighted by molar-refractivity contribution is -0.117. The summed E-state index contributed by atoms with van der Waals surface area (Å²) < 4.78 is 0. The van der Waals surface area contributed by atoms with Crippen LogP contribution >= 0.6 is 21.6 Å². The van der Waals surface area contributed by atoms with E-state index in [0.717, 1.165) is 54.2 Å². The van der Waals surface area contributed by atoms with Crippen LogP contribution in [0.5, 0.6) is 0 Å². The predicted molar refractivity (Wildman–Crippen MR) is 197 cm³/mol. The Morgan fingerprint density at radius 1 is 0.565 bits per heavy atom. The second-order valence-corrected chi connectivity index (χ2v) is 14.1. The lowest BCUT2D eigenvalue weighted by atomic mass is 9.93. The molecule has 6 nitrogen and oxygen atoms in total. The molecule has 2 amide bonds. The van der Waals surface area contributed by atoms with Gasteiger partial charge in [-0.3, -0.25) is 9.59 Å². The number of amides is 2. The van der Waals surface area contributed by atoms with E-state index in [9.17, 15) is 14.5 Å². The highest BCUT2D eigenvalue weighted by atomic mass is 33.1. The van der Waals surface area contributed by atoms with E-state index in [1.165, 1.54) is 37.7 Å². The molecule has 2 N–H and O–H groups in total. The van der Waals surface area contributed by atoms with Gasteiger partial charge in [0.05, 0.1) is 0 Å². The molecule has 0 heterocycles. The molecule has 0 unspecified atom stereocenters. The normalized spacial score (nSPS) is 12.5. The number of benzene rings is 8. The van der Waals surface area contributed by atoms with E-state index >= 15 is 0 Å². The van der Waals surface area contributed by atoms with Crippen LogP contribution in [0.2, 0.25) is 0 Å². The van der Waals surface area contributed by atoms with Gasteiger partial charge in [0, 0.05) is 40.1 Å². The molecule has 0 fully saturated rings. The maximum atomic E-state index is 13.1. The SMILES string of the molecule is O=N[C@@H](CSSCCC(=O)Nc1ccc2ccc3cccc4ccc1c2c34)C(=O)Nc1ccc2ccc3cccc4ccc1c2c34. The molecule has 0 spiro atoms. The molecular weight excluding hydrogens is 611 g/mol. The Hall–Kier alpha value is -4.92. The van der Waals surface area contributed by atoms with Crippen molar-refractivity contribution in [1.82, 2.24) is 0 Å². The summed E-state index contributed by atoms with van der Waals surface area (Å²) in [7, 11) is 2.83. The number of hydrogen-bond donors (Lipinski definition) is 2. The van der Waals surface area contributed by atoms with Gasteiger partial charge in [-0.1, -0.05) is 124 Å². The molecule has 0 bridgehead atoms. The first kappa shape index (κ1) is 28.5. The Morgan fingerprint density at radius 2 is 1.02 bits per heavy atom. The molecule has 0 radical (unpaired) electrons. The molecule has 8 rings (SSSR count). The smallest absolute Gasteiger partial charge is 0.253 e. The van der Waals surface area contributed by atoms with Crippen molar-refractivity contribution in [3.05, 3.63) is 114 Å². The first-order valence-electron chi connectivity index (χ1n) is 15.1. The highest BCUT2D eigenvalue weighted by Gasteiger charge is 2.21. The van der Waals surface area contributed by atoms with Crippen LogP contribution in [0.25, 0.3) is 64.6 Å². The highest BCUT2D eigenvalue weighted by molar-refractivity contribution is 8.76. The molecule has 0 aliphatic rings. The summed E-state index contributed by atoms with van der Waals surface area (Å²) in [5.41, 5.74) is 1.45. The van der Waals surface area contributed by atoms with Gasteiger partial charge in [-0.25, -0.2) is 0 Å². The van der Waals surface area contributed by atoms with Crippen LogP contribution in [0.1, 0.15) is 6.42 Å². The van der Waals surface area contributed by atoms with E-state index in [4.69, 9.17) is 0 Å². The van der Waals surface area contributed by atoms with Crippen molar-refractivity contribution in [2.75, 3.05) is 22.1 Å². The van der Waals surface area contributed by atoms with Gasteiger partial charge in [0.2, 0.25) is 5.91 Å². The van der Waals surface area contributed by atoms with Crippen LogP contribution in [0.4, 0.5) is 11.4 Å². The monoisotopic (exact) mass is 637 g/mol. The minimum Gasteiger partial charge on any atom is -0.325 e. The second kappa shape index (κ2) is 11.8. The van der Waals surface area contributed by atoms with Gasteiger partial charge in [0.25, 0.3) is 5.91 Å². The number of anilines is 2. The molecule has 46 heavy (non-hydrogen) atoms. The molecule has 0 saturated carbocycles. The third-order valence-corrected chi connectivity index (χ3v) is 11.1. The zero-order valence-corrected chi connectivity index (χ0v) is 26.2. The number of carbonyl (C=O) groups is 2. The quantitative estimate of drug-likeness (QED) is 0.0674. The lowest BCUT2D eigenvalue weighted by Gasteiger charge is -2.15. The van der Waals surface area contributed by atoms with Gasteiger partial charge >= 0.3 is 0 Å². The van der Waals surface area contributed by atoms with Crippen molar-refractivity contribution in [1.29, 1.82) is 0 Å². The molecule has 0 aliphatic carbocycles. The zero-order valence-electron chi connectivity index (χ0n) is 24.6. The van der Waals surface area contributed by atoms with Crippen molar-refractivity contribution in [3.8, 4) is 0 Å². The van der Waals surface area contributed by atoms with Crippen molar-refractivity contribution in [2.45, 2.75) is 12.5 Å². The number of nitroso groups, excluding NO2 is 1. The molecule has 0 aliphatic heterocycles. The number of rotatable bonds is 10. The number of carbonyl (C=O) groups excluding carboxylic acids is 2. The van der Waals surface area contributed by atoms with E-state index in [-0.39, 0.29) is 11.7 Å². The maximum absolute atomic E-state index is 13.1. The summed E-state index contributed by atoms with van der Waals surface area (Å²) in [4.78, 5) is 37.7. The first-order valence-corrected chi connectivity index (χ1v) is 17.6. The third-order valence-electron chi connectivity index (χ3n) is 8.74. The van der Waals surface area contributed by atoms with Crippen LogP contribution in [0.3, 0.4) is 0 Å². The Labute approximate surface area is 271 Å². The molecule has 8 aromatic carbocycles. The van der Waals surface area contributed by atoms with Gasteiger partial charge in [0.15, 0.2) is 6.04 Å². The van der Waals surface area contributed by atoms with Crippen molar-refractivity contribution in [3.63, 3.8) is 0 Å². The Morgan fingerprint density at radius 3 is 1.54 bits per heavy atom. The Kier molecular flexibility index (Phi) is 7.31. The number of nitrogens with zero attached hydrogens (tertiary/aromatic N) is 1. The van der Waals surface area contributed by atoms with E-state index in [0.29, 0.717) is 17.9 Å². The fraction of sp³-hybridized carbons (Fsp3) is 0.105. The molecule has 8 aromatic rings. The third kappa shape index (κ3) is 4.94. The van der Waals surface area contributed by atoms with E-state index in [2.05, 4.69) is 94.7 Å². The summed E-state index contributed by atoms with van der Waals surface area (Å²) in [5.74, 6) is 0.220. The van der Waals surface area contributed by atoms with Crippen LogP contribution < -0.4 is 10.6 Å². The summed E-state index contributed by atoms with van der Waals surface area (Å²) >= 11 is 0. The number of hydrogen-bond acceptors (Lipinski definition) is 6. The van der Waals surface area contributed by atoms with Crippen molar-refractivity contribution < 1.29 is 9.59 Å². The average Bonchev–Trinajstić information content (AvgIpc) is 3.09. The molecular formula is C38H27N3O3S2. The van der Waals surface area contributed by atoms with Gasteiger partial charge < -0.3 is 10.6 Å². The van der Waals surface area contributed by atoms with Crippen LogP contribution in [0, 0.1) is 4.91 Å². The molecule has 224 valence electrons. The minimum absolute atomic E-state index is 0.0834. The standard InChI is InChI=1S/C38H27N3O3S2/c42-33(39-30-17-13-26-9-7-22-3-1-5-24-11-15-28(30)36(26)34(22)24)19-20-45-46-21-32(41-44)38(43)40-31-18-14-27-10-8-23-4-2-6-25-12-16-29(31)37(27)35(23)25/h1-18,32H,19-21H2,(H,39,42)(H,40,43)/t32-/m0/s1. The van der Waals surface area contributed by atoms with Crippen molar-refractivity contribution >= 4 is 109 Å². The Bertz CT molecular complexity index is 2410. The van der Waals surface area contributed by atoms with E-state index in [1.807, 2.05) is 30.3 Å². The Balaban J connectivity index is 0.886. The molecule has 1 atom stereocenters. The molecule has 0 saturated heterocycles. The average molecular weight is 638 g/mol. The summed E-state index contributed by atoms with van der Waals surface area (Å²) in [6.45, 7) is 0. The second-order valence-electron chi connectivity index (χ2n) is 11.5. The summed E-state index contributed by atoms with van der Waals surface area (Å²) in [6.07, 6.45) is 0.299. The minimum atomic E-state index is -1.05. The van der Waals surface area contributed by atoms with Gasteiger partial charge in [-0.15, -0.1) is 4.91 Å². The zero-order chi connectivity index (χ0) is 31.2. The molecule has 0 aromatic heterocycles. The first-order chi connectivity index (χ1) is 22.6. The summed E-state index contributed by atoms with van der Waals surface area (Å²) in [5, 5.41) is 22.6. The predicted octanol–water partition coefficient (Wildman–Crippen LogP) is 9.97. The van der Waals surface area contributed by atoms with E-state index in [1.54, 1.807) is 0 Å². The topological polar surface area (TPSA) is 87.6 Å². The fourth-order valence-corrected chi connectivity index (χ4v) is 8.68. The van der Waals surface area contributed by atoms with Gasteiger partial charge in [-0.05, 0) is 66.0 Å². The highest BCUT2D eigenvalue weighted by Crippen LogP contribution is 2.39. The van der Waals surface area contributed by atoms with E-state index < -0.39 is 11.9 Å².